The van der Waals surface area contributed by atoms with Crippen molar-refractivity contribution >= 4 is 29.0 Å². The summed E-state index contributed by atoms with van der Waals surface area (Å²) in [6.45, 7) is 2.50. The van der Waals surface area contributed by atoms with E-state index in [0.29, 0.717) is 18.5 Å². The summed E-state index contributed by atoms with van der Waals surface area (Å²) in [5.74, 6) is -10.1. The quantitative estimate of drug-likeness (QED) is 0.465. The number of amides is 1. The van der Waals surface area contributed by atoms with E-state index < -0.39 is 64.4 Å². The van der Waals surface area contributed by atoms with Crippen LogP contribution in [0.3, 0.4) is 0 Å². The fraction of sp³-hybridized carbons (Fsp3) is 0.577. The summed E-state index contributed by atoms with van der Waals surface area (Å²) in [4.78, 5) is 69.7. The number of carbonyl (C=O) groups excluding carboxylic acids is 5. The van der Waals surface area contributed by atoms with E-state index in [1.807, 2.05) is 0 Å². The number of aliphatic hydroxyl groups is 1. The van der Waals surface area contributed by atoms with Gasteiger partial charge in [0.2, 0.25) is 5.91 Å². The van der Waals surface area contributed by atoms with Crippen LogP contribution in [-0.2, 0) is 32.1 Å². The summed E-state index contributed by atoms with van der Waals surface area (Å²) in [5.41, 5.74) is 4.27. The second-order valence-corrected chi connectivity index (χ2v) is 10.9. The van der Waals surface area contributed by atoms with Crippen molar-refractivity contribution in [3.05, 3.63) is 28.8 Å². The fourth-order valence-corrected chi connectivity index (χ4v) is 7.00. The molecule has 0 aromatic heterocycles. The zero-order chi connectivity index (χ0) is 26.1. The molecule has 2 saturated carbocycles. The van der Waals surface area contributed by atoms with E-state index in [1.165, 1.54) is 11.0 Å². The maximum Gasteiger partial charge on any atom is 0.235 e. The Morgan fingerprint density at radius 2 is 1.81 bits per heavy atom. The van der Waals surface area contributed by atoms with Crippen LogP contribution in [-0.4, -0.2) is 87.9 Å². The average molecular weight is 498 g/mol. The number of fused-ring (bicyclic) bond motifs is 3. The van der Waals surface area contributed by atoms with Crippen molar-refractivity contribution in [1.29, 1.82) is 0 Å². The van der Waals surface area contributed by atoms with E-state index in [2.05, 4.69) is 4.90 Å². The minimum Gasteiger partial charge on any atom is -0.507 e. The molecular weight excluding hydrogens is 466 g/mol. The Balaban J connectivity index is 1.59. The summed E-state index contributed by atoms with van der Waals surface area (Å²) < 4.78 is 0. The van der Waals surface area contributed by atoms with Crippen molar-refractivity contribution in [2.45, 2.75) is 43.9 Å². The van der Waals surface area contributed by atoms with Crippen LogP contribution in [0, 0.1) is 23.7 Å². The SMILES string of the molecule is CN(C)[C@@H]1C(=O)C(C(N)=O)C(=O)[C@@]2(O)C(=O)C3C(=O)c4c(O)ccc(CN5CCCC5)c4C[C@H]3C[C@@H]12. The zero-order valence-electron chi connectivity index (χ0n) is 20.4. The summed E-state index contributed by atoms with van der Waals surface area (Å²) in [7, 11) is 3.14. The Kier molecular flexibility index (Phi) is 5.89. The summed E-state index contributed by atoms with van der Waals surface area (Å²) in [6.07, 6.45) is 2.55. The molecule has 10 heteroatoms. The lowest BCUT2D eigenvalue weighted by atomic mass is 9.52. The van der Waals surface area contributed by atoms with Gasteiger partial charge in [-0.05, 0) is 76.0 Å². The van der Waals surface area contributed by atoms with Gasteiger partial charge in [0.1, 0.15) is 5.75 Å². The normalized spacial score (nSPS) is 34.5. The lowest BCUT2D eigenvalue weighted by Crippen LogP contribution is -2.74. The largest absolute Gasteiger partial charge is 0.507 e. The lowest BCUT2D eigenvalue weighted by molar-refractivity contribution is -0.181. The number of Topliss-reactive ketones (excluding diaryl/α,β-unsaturated/α-hetero) is 4. The highest BCUT2D eigenvalue weighted by Crippen LogP contribution is 2.51. The first-order valence-corrected chi connectivity index (χ1v) is 12.4. The molecule has 1 aliphatic heterocycles. The molecular formula is C26H31N3O7. The maximum absolute atomic E-state index is 13.8. The number of phenols is 1. The van der Waals surface area contributed by atoms with Crippen LogP contribution in [0.5, 0.6) is 5.75 Å². The van der Waals surface area contributed by atoms with Gasteiger partial charge in [0, 0.05) is 12.5 Å². The van der Waals surface area contributed by atoms with Gasteiger partial charge in [-0.1, -0.05) is 6.07 Å². The molecule has 1 saturated heterocycles. The van der Waals surface area contributed by atoms with E-state index in [0.717, 1.165) is 31.5 Å². The van der Waals surface area contributed by atoms with Gasteiger partial charge in [0.25, 0.3) is 0 Å². The number of nitrogens with two attached hydrogens (primary N) is 1. The van der Waals surface area contributed by atoms with E-state index in [-0.39, 0.29) is 17.7 Å². The molecule has 36 heavy (non-hydrogen) atoms. The Bertz CT molecular complexity index is 1190. The highest BCUT2D eigenvalue weighted by Gasteiger charge is 2.69. The van der Waals surface area contributed by atoms with Crippen LogP contribution < -0.4 is 5.73 Å². The Morgan fingerprint density at radius 1 is 1.14 bits per heavy atom. The van der Waals surface area contributed by atoms with Gasteiger partial charge in [0.15, 0.2) is 34.7 Å². The van der Waals surface area contributed by atoms with E-state index in [1.54, 1.807) is 20.2 Å². The molecule has 4 N–H and O–H groups in total. The van der Waals surface area contributed by atoms with Crippen molar-refractivity contribution in [1.82, 2.24) is 9.80 Å². The highest BCUT2D eigenvalue weighted by molar-refractivity contribution is 6.32. The topological polar surface area (TPSA) is 158 Å². The number of aromatic hydroxyl groups is 1. The number of phenolic OH excluding ortho intramolecular Hbond substituents is 1. The molecule has 1 amide bonds. The van der Waals surface area contributed by atoms with Crippen LogP contribution in [0.2, 0.25) is 0 Å². The number of benzene rings is 1. The molecule has 0 spiro atoms. The molecule has 10 nitrogen and oxygen atoms in total. The molecule has 0 radical (unpaired) electrons. The monoisotopic (exact) mass is 497 g/mol. The van der Waals surface area contributed by atoms with Crippen molar-refractivity contribution in [3.63, 3.8) is 0 Å². The third-order valence-electron chi connectivity index (χ3n) is 8.63. The second kappa shape index (κ2) is 8.57. The van der Waals surface area contributed by atoms with E-state index in [9.17, 15) is 34.2 Å². The van der Waals surface area contributed by atoms with Crippen LogP contribution >= 0.6 is 0 Å². The van der Waals surface area contributed by atoms with Crippen LogP contribution in [0.1, 0.15) is 40.7 Å². The smallest absolute Gasteiger partial charge is 0.235 e. The average Bonchev–Trinajstić information content (AvgIpc) is 3.31. The van der Waals surface area contributed by atoms with Crippen LogP contribution in [0.4, 0.5) is 0 Å². The molecule has 0 bridgehead atoms. The first-order chi connectivity index (χ1) is 17.0. The number of nitrogens with zero attached hydrogens (tertiary/aromatic N) is 2. The first-order valence-electron chi connectivity index (χ1n) is 12.4. The highest BCUT2D eigenvalue weighted by atomic mass is 16.3. The zero-order valence-corrected chi connectivity index (χ0v) is 20.4. The molecule has 4 aliphatic rings. The van der Waals surface area contributed by atoms with E-state index >= 15 is 0 Å². The molecule has 6 atom stereocenters. The minimum atomic E-state index is -2.69. The lowest BCUT2D eigenvalue weighted by Gasteiger charge is -2.52. The number of primary amides is 1. The van der Waals surface area contributed by atoms with Gasteiger partial charge in [-0.15, -0.1) is 0 Å². The number of likely N-dealkylation sites (tertiary alicyclic amines) is 1. The maximum atomic E-state index is 13.8. The van der Waals surface area contributed by atoms with Crippen molar-refractivity contribution in [3.8, 4) is 5.75 Å². The third kappa shape index (κ3) is 3.38. The Hall–Kier alpha value is -2.95. The van der Waals surface area contributed by atoms with Gasteiger partial charge in [-0.25, -0.2) is 0 Å². The first kappa shape index (κ1) is 24.7. The fourth-order valence-electron chi connectivity index (χ4n) is 7.00. The number of ketones is 4. The Labute approximate surface area is 208 Å². The predicted octanol–water partition coefficient (Wildman–Crippen LogP) is -0.537. The van der Waals surface area contributed by atoms with Crippen LogP contribution in [0.15, 0.2) is 12.1 Å². The predicted molar refractivity (Wildman–Crippen MR) is 126 cm³/mol. The number of likely N-dealkylation sites (N-methyl/N-ethyl adjacent to an activating group) is 1. The molecule has 1 heterocycles. The summed E-state index contributed by atoms with van der Waals surface area (Å²) >= 11 is 0. The van der Waals surface area contributed by atoms with Crippen molar-refractivity contribution < 1.29 is 34.2 Å². The number of hydrogen-bond acceptors (Lipinski definition) is 9. The van der Waals surface area contributed by atoms with Crippen molar-refractivity contribution in [2.24, 2.45) is 29.4 Å². The molecule has 5 rings (SSSR count). The molecule has 1 aromatic carbocycles. The van der Waals surface area contributed by atoms with Gasteiger partial charge in [0.05, 0.1) is 17.5 Å². The number of carbonyl (C=O) groups is 5. The summed E-state index contributed by atoms with van der Waals surface area (Å²) in [5, 5.41) is 22.2. The number of hydrogen-bond donors (Lipinski definition) is 3. The molecule has 3 aliphatic carbocycles. The van der Waals surface area contributed by atoms with Gasteiger partial charge < -0.3 is 15.9 Å². The molecule has 2 unspecified atom stereocenters. The molecule has 192 valence electrons. The summed E-state index contributed by atoms with van der Waals surface area (Å²) in [6, 6.07) is 2.15. The van der Waals surface area contributed by atoms with Gasteiger partial charge >= 0.3 is 0 Å². The molecule has 3 fully saturated rings. The van der Waals surface area contributed by atoms with Gasteiger partial charge in [-0.3, -0.25) is 33.8 Å². The van der Waals surface area contributed by atoms with Gasteiger partial charge in [-0.2, -0.15) is 0 Å². The minimum absolute atomic E-state index is 0.0540. The standard InChI is InChI=1S/C26H31N3O7/c1-28(2)20-15-10-13-9-14-12(11-29-7-3-4-8-29)5-6-16(30)18(14)21(31)17(13)23(33)26(15,36)24(34)19(22(20)32)25(27)35/h5-6,13,15,17,19-20,30,36H,3-4,7-11H2,1-2H3,(H2,27,35)/t13-,15-,17?,19?,20-,26-/m0/s1. The third-order valence-corrected chi connectivity index (χ3v) is 8.63. The van der Waals surface area contributed by atoms with Crippen molar-refractivity contribution in [2.75, 3.05) is 27.2 Å². The second-order valence-electron chi connectivity index (χ2n) is 10.9. The molecule has 1 aromatic rings. The number of rotatable bonds is 4. The Morgan fingerprint density at radius 3 is 2.42 bits per heavy atom. The van der Waals surface area contributed by atoms with E-state index in [4.69, 9.17) is 5.73 Å². The van der Waals surface area contributed by atoms with Crippen LogP contribution in [0.25, 0.3) is 0 Å².